The average Bonchev–Trinajstić information content (AvgIpc) is 2.58. The quantitative estimate of drug-likeness (QED) is 0.660. The van der Waals surface area contributed by atoms with Gasteiger partial charge in [-0.05, 0) is 30.7 Å². The van der Waals surface area contributed by atoms with E-state index >= 15 is 0 Å². The van der Waals surface area contributed by atoms with Crippen molar-refractivity contribution in [2.45, 2.75) is 13.3 Å². The third kappa shape index (κ3) is 1.92. The Morgan fingerprint density at radius 2 is 2.25 bits per heavy atom. The van der Waals surface area contributed by atoms with Crippen molar-refractivity contribution < 1.29 is 9.18 Å². The lowest BCUT2D eigenvalue weighted by molar-refractivity contribution is -0.117. The maximum Gasteiger partial charge on any atom is 0.228 e. The van der Waals surface area contributed by atoms with Gasteiger partial charge in [0.25, 0.3) is 0 Å². The first-order valence-electron chi connectivity index (χ1n) is 5.14. The van der Waals surface area contributed by atoms with E-state index in [1.54, 1.807) is 17.9 Å². The lowest BCUT2D eigenvalue weighted by Crippen LogP contribution is -2.24. The number of nitrogens with zero attached hydrogens (tertiary/aromatic N) is 1. The van der Waals surface area contributed by atoms with Crippen molar-refractivity contribution >= 4 is 11.6 Å². The van der Waals surface area contributed by atoms with E-state index in [0.29, 0.717) is 18.7 Å². The van der Waals surface area contributed by atoms with E-state index < -0.39 is 0 Å². The van der Waals surface area contributed by atoms with E-state index in [1.165, 1.54) is 12.1 Å². The molecule has 2 rings (SSSR count). The fourth-order valence-corrected chi connectivity index (χ4v) is 1.94. The van der Waals surface area contributed by atoms with Gasteiger partial charge in [0.2, 0.25) is 5.91 Å². The second kappa shape index (κ2) is 3.97. The van der Waals surface area contributed by atoms with Crippen molar-refractivity contribution in [2.24, 2.45) is 5.92 Å². The molecule has 0 saturated carbocycles. The van der Waals surface area contributed by atoms with E-state index in [-0.39, 0.29) is 17.6 Å². The third-order valence-corrected chi connectivity index (χ3v) is 2.70. The maximum absolute atomic E-state index is 13.2. The summed E-state index contributed by atoms with van der Waals surface area (Å²) < 4.78 is 13.2. The SMILES string of the molecule is C#CC1CC(=O)N(c2cc(C)cc(F)c2)C1. The van der Waals surface area contributed by atoms with Crippen molar-refractivity contribution in [1.29, 1.82) is 0 Å². The fourth-order valence-electron chi connectivity index (χ4n) is 1.94. The van der Waals surface area contributed by atoms with E-state index in [4.69, 9.17) is 6.42 Å². The summed E-state index contributed by atoms with van der Waals surface area (Å²) in [4.78, 5) is 13.2. The molecule has 1 fully saturated rings. The Kier molecular flexibility index (Phi) is 2.66. The molecule has 0 radical (unpaired) electrons. The molecule has 0 N–H and O–H groups in total. The van der Waals surface area contributed by atoms with Crippen LogP contribution in [0.4, 0.5) is 10.1 Å². The second-order valence-corrected chi connectivity index (χ2v) is 4.06. The summed E-state index contributed by atoms with van der Waals surface area (Å²) in [5.74, 6) is 2.15. The van der Waals surface area contributed by atoms with Crippen LogP contribution in [0.2, 0.25) is 0 Å². The monoisotopic (exact) mass is 217 g/mol. The number of hydrogen-bond acceptors (Lipinski definition) is 1. The van der Waals surface area contributed by atoms with Gasteiger partial charge in [-0.1, -0.05) is 0 Å². The highest BCUT2D eigenvalue weighted by Crippen LogP contribution is 2.26. The lowest BCUT2D eigenvalue weighted by atomic mass is 10.1. The first kappa shape index (κ1) is 10.7. The van der Waals surface area contributed by atoms with Gasteiger partial charge in [0.15, 0.2) is 0 Å². The molecule has 1 saturated heterocycles. The minimum Gasteiger partial charge on any atom is -0.311 e. The van der Waals surface area contributed by atoms with Gasteiger partial charge < -0.3 is 4.90 Å². The van der Waals surface area contributed by atoms with Crippen LogP contribution < -0.4 is 4.90 Å². The summed E-state index contributed by atoms with van der Waals surface area (Å²) >= 11 is 0. The van der Waals surface area contributed by atoms with Gasteiger partial charge in [0, 0.05) is 24.6 Å². The van der Waals surface area contributed by atoms with Crippen LogP contribution in [0.15, 0.2) is 18.2 Å². The first-order chi connectivity index (χ1) is 7.60. The summed E-state index contributed by atoms with van der Waals surface area (Å²) in [6.07, 6.45) is 5.65. The molecule has 82 valence electrons. The van der Waals surface area contributed by atoms with Crippen molar-refractivity contribution in [3.63, 3.8) is 0 Å². The minimum atomic E-state index is -0.327. The predicted molar refractivity (Wildman–Crippen MR) is 60.4 cm³/mol. The average molecular weight is 217 g/mol. The van der Waals surface area contributed by atoms with E-state index in [2.05, 4.69) is 5.92 Å². The molecule has 1 atom stereocenters. The second-order valence-electron chi connectivity index (χ2n) is 4.06. The van der Waals surface area contributed by atoms with Gasteiger partial charge in [0.05, 0.1) is 0 Å². The number of carbonyl (C=O) groups excluding carboxylic acids is 1. The van der Waals surface area contributed by atoms with Crippen LogP contribution >= 0.6 is 0 Å². The molecule has 1 aromatic carbocycles. The Bertz CT molecular complexity index is 455. The van der Waals surface area contributed by atoms with Gasteiger partial charge in [-0.2, -0.15) is 0 Å². The minimum absolute atomic E-state index is 0.0343. The molecule has 1 unspecified atom stereocenters. The molecule has 1 aliphatic rings. The number of carbonyl (C=O) groups is 1. The van der Waals surface area contributed by atoms with Crippen molar-refractivity contribution in [3.8, 4) is 12.3 Å². The maximum atomic E-state index is 13.2. The number of rotatable bonds is 1. The Labute approximate surface area is 94.1 Å². The predicted octanol–water partition coefficient (Wildman–Crippen LogP) is 2.12. The zero-order chi connectivity index (χ0) is 11.7. The van der Waals surface area contributed by atoms with Gasteiger partial charge in [-0.3, -0.25) is 4.79 Å². The van der Waals surface area contributed by atoms with Crippen LogP contribution in [0, 0.1) is 31.0 Å². The van der Waals surface area contributed by atoms with Crippen LogP contribution in [0.25, 0.3) is 0 Å². The molecule has 0 spiro atoms. The number of terminal acetylenes is 1. The highest BCUT2D eigenvalue weighted by molar-refractivity contribution is 5.96. The summed E-state index contributed by atoms with van der Waals surface area (Å²) in [5, 5.41) is 0. The molecule has 2 nitrogen and oxygen atoms in total. The molecule has 1 heterocycles. The standard InChI is InChI=1S/C13H12FNO/c1-3-10-6-13(16)15(8-10)12-5-9(2)4-11(14)7-12/h1,4-5,7,10H,6,8H2,2H3. The summed E-state index contributed by atoms with van der Waals surface area (Å²) in [6.45, 7) is 2.28. The van der Waals surface area contributed by atoms with E-state index in [1.807, 2.05) is 0 Å². The van der Waals surface area contributed by atoms with Crippen LogP contribution in [0.3, 0.4) is 0 Å². The lowest BCUT2D eigenvalue weighted by Gasteiger charge is -2.16. The van der Waals surface area contributed by atoms with E-state index in [0.717, 1.165) is 5.56 Å². The van der Waals surface area contributed by atoms with Gasteiger partial charge in [0.1, 0.15) is 5.82 Å². The van der Waals surface area contributed by atoms with Gasteiger partial charge in [-0.25, -0.2) is 4.39 Å². The molecule has 16 heavy (non-hydrogen) atoms. The van der Waals surface area contributed by atoms with Crippen LogP contribution in [-0.4, -0.2) is 12.5 Å². The van der Waals surface area contributed by atoms with Crippen molar-refractivity contribution in [3.05, 3.63) is 29.6 Å². The smallest absolute Gasteiger partial charge is 0.228 e. The zero-order valence-electron chi connectivity index (χ0n) is 9.03. The van der Waals surface area contributed by atoms with Gasteiger partial charge in [-0.15, -0.1) is 12.3 Å². The molecule has 1 aromatic rings. The summed E-state index contributed by atoms with van der Waals surface area (Å²) in [7, 11) is 0. The Balaban J connectivity index is 2.32. The van der Waals surface area contributed by atoms with Crippen LogP contribution in [0.1, 0.15) is 12.0 Å². The highest BCUT2D eigenvalue weighted by Gasteiger charge is 2.29. The van der Waals surface area contributed by atoms with Gasteiger partial charge >= 0.3 is 0 Å². The first-order valence-corrected chi connectivity index (χ1v) is 5.14. The topological polar surface area (TPSA) is 20.3 Å². The van der Waals surface area contributed by atoms with Crippen LogP contribution in [0.5, 0.6) is 0 Å². The Morgan fingerprint density at radius 3 is 2.81 bits per heavy atom. The molecule has 0 aromatic heterocycles. The van der Waals surface area contributed by atoms with E-state index in [9.17, 15) is 9.18 Å². The molecule has 0 aliphatic carbocycles. The largest absolute Gasteiger partial charge is 0.311 e. The number of aryl methyl sites for hydroxylation is 1. The third-order valence-electron chi connectivity index (χ3n) is 2.70. The summed E-state index contributed by atoms with van der Waals surface area (Å²) in [5.41, 5.74) is 1.40. The molecule has 1 aliphatic heterocycles. The number of benzene rings is 1. The zero-order valence-corrected chi connectivity index (χ0v) is 9.03. The van der Waals surface area contributed by atoms with Crippen LogP contribution in [-0.2, 0) is 4.79 Å². The summed E-state index contributed by atoms with van der Waals surface area (Å²) in [6, 6.07) is 4.59. The normalized spacial score (nSPS) is 19.9. The molecule has 3 heteroatoms. The Morgan fingerprint density at radius 1 is 1.50 bits per heavy atom. The Hall–Kier alpha value is -1.82. The van der Waals surface area contributed by atoms with Crippen molar-refractivity contribution in [2.75, 3.05) is 11.4 Å². The molecular formula is C13H12FNO. The number of amides is 1. The van der Waals surface area contributed by atoms with Crippen molar-refractivity contribution in [1.82, 2.24) is 0 Å². The molecule has 1 amide bonds. The molecular weight excluding hydrogens is 205 g/mol. The number of anilines is 1. The molecule has 0 bridgehead atoms. The fraction of sp³-hybridized carbons (Fsp3) is 0.308. The number of halogens is 1. The highest BCUT2D eigenvalue weighted by atomic mass is 19.1. The number of hydrogen-bond donors (Lipinski definition) is 0.